The van der Waals surface area contributed by atoms with Gasteiger partial charge in [0.2, 0.25) is 5.16 Å². The number of hydrogen-bond acceptors (Lipinski definition) is 6. The van der Waals surface area contributed by atoms with E-state index in [1.54, 1.807) is 17.9 Å². The summed E-state index contributed by atoms with van der Waals surface area (Å²) < 4.78 is 1.60. The molecule has 0 fully saturated rings. The van der Waals surface area contributed by atoms with Crippen LogP contribution in [-0.2, 0) is 7.05 Å². The van der Waals surface area contributed by atoms with Gasteiger partial charge in [-0.25, -0.2) is 4.68 Å². The lowest BCUT2D eigenvalue weighted by Gasteiger charge is -2.07. The molecule has 0 aliphatic carbocycles. The highest BCUT2D eigenvalue weighted by atomic mass is 32.2. The molecule has 0 aliphatic rings. The first-order valence-corrected chi connectivity index (χ1v) is 6.06. The number of aromatic nitrogens is 5. The number of nitrogens with zero attached hydrogens (tertiary/aromatic N) is 5. The Labute approximate surface area is 103 Å². The van der Waals surface area contributed by atoms with Crippen LogP contribution in [0.3, 0.4) is 0 Å². The molecule has 2 aromatic heterocycles. The summed E-state index contributed by atoms with van der Waals surface area (Å²) in [5.74, 6) is 0. The first-order chi connectivity index (χ1) is 8.20. The van der Waals surface area contributed by atoms with Gasteiger partial charge in [-0.15, -0.1) is 5.10 Å². The third kappa shape index (κ3) is 2.80. The quantitative estimate of drug-likeness (QED) is 0.879. The molecular weight excluding hydrogens is 238 g/mol. The fourth-order valence-electron chi connectivity index (χ4n) is 1.27. The highest BCUT2D eigenvalue weighted by Crippen LogP contribution is 2.25. The van der Waals surface area contributed by atoms with Gasteiger partial charge in [-0.3, -0.25) is 4.98 Å². The van der Waals surface area contributed by atoms with Crippen LogP contribution < -0.4 is 0 Å². The van der Waals surface area contributed by atoms with Gasteiger partial charge in [-0.1, -0.05) is 6.92 Å². The van der Waals surface area contributed by atoms with Crippen molar-refractivity contribution in [2.24, 2.45) is 7.05 Å². The van der Waals surface area contributed by atoms with E-state index in [4.69, 9.17) is 0 Å². The van der Waals surface area contributed by atoms with Crippen molar-refractivity contribution in [3.8, 4) is 0 Å². The second kappa shape index (κ2) is 5.24. The second-order valence-electron chi connectivity index (χ2n) is 3.53. The van der Waals surface area contributed by atoms with E-state index < -0.39 is 6.10 Å². The molecule has 1 unspecified atom stereocenters. The van der Waals surface area contributed by atoms with Crippen molar-refractivity contribution in [3.05, 3.63) is 24.0 Å². The average Bonchev–Trinajstić information content (AvgIpc) is 2.75. The molecule has 6 nitrogen and oxygen atoms in total. The minimum Gasteiger partial charge on any atom is -0.387 e. The van der Waals surface area contributed by atoms with Gasteiger partial charge >= 0.3 is 0 Å². The third-order valence-electron chi connectivity index (χ3n) is 2.28. The molecule has 17 heavy (non-hydrogen) atoms. The first kappa shape index (κ1) is 12.0. The molecule has 7 heteroatoms. The Morgan fingerprint density at radius 1 is 1.47 bits per heavy atom. The number of aliphatic hydroxyl groups excluding tert-OH is 1. The van der Waals surface area contributed by atoms with Gasteiger partial charge in [0.25, 0.3) is 0 Å². The molecule has 0 saturated carbocycles. The molecule has 2 heterocycles. The molecule has 90 valence electrons. The Kier molecular flexibility index (Phi) is 3.70. The van der Waals surface area contributed by atoms with E-state index in [0.29, 0.717) is 17.3 Å². The first-order valence-electron chi connectivity index (χ1n) is 5.25. The summed E-state index contributed by atoms with van der Waals surface area (Å²) >= 11 is 1.43. The Hall–Kier alpha value is -1.47. The highest BCUT2D eigenvalue weighted by molar-refractivity contribution is 7.99. The summed E-state index contributed by atoms with van der Waals surface area (Å²) in [6.45, 7) is 1.92. The average molecular weight is 251 g/mol. The van der Waals surface area contributed by atoms with Gasteiger partial charge < -0.3 is 5.11 Å². The molecule has 0 amide bonds. The normalized spacial score (nSPS) is 12.6. The van der Waals surface area contributed by atoms with Crippen LogP contribution in [0.2, 0.25) is 0 Å². The number of tetrazole rings is 1. The van der Waals surface area contributed by atoms with Gasteiger partial charge in [0.15, 0.2) is 0 Å². The maximum atomic E-state index is 9.62. The van der Waals surface area contributed by atoms with Crippen LogP contribution in [0.15, 0.2) is 28.4 Å². The predicted molar refractivity (Wildman–Crippen MR) is 62.4 cm³/mol. The van der Waals surface area contributed by atoms with Gasteiger partial charge in [-0.05, 0) is 40.7 Å². The van der Waals surface area contributed by atoms with E-state index in [-0.39, 0.29) is 0 Å². The fourth-order valence-corrected chi connectivity index (χ4v) is 1.97. The number of pyridine rings is 1. The van der Waals surface area contributed by atoms with Crippen molar-refractivity contribution in [3.63, 3.8) is 0 Å². The van der Waals surface area contributed by atoms with Gasteiger partial charge in [0.1, 0.15) is 0 Å². The summed E-state index contributed by atoms with van der Waals surface area (Å²) in [7, 11) is 1.78. The molecule has 0 saturated heterocycles. The van der Waals surface area contributed by atoms with Crippen LogP contribution in [0.4, 0.5) is 0 Å². The molecule has 0 spiro atoms. The Morgan fingerprint density at radius 2 is 2.29 bits per heavy atom. The SMILES string of the molecule is CCC(O)c1ccc(Sc2nnnn2C)cn1. The summed E-state index contributed by atoms with van der Waals surface area (Å²) in [5.41, 5.74) is 0.688. The van der Waals surface area contributed by atoms with E-state index in [2.05, 4.69) is 20.5 Å². The number of hydrogen-bond donors (Lipinski definition) is 1. The van der Waals surface area contributed by atoms with Crippen LogP contribution in [0, 0.1) is 0 Å². The van der Waals surface area contributed by atoms with Gasteiger partial charge in [0, 0.05) is 18.1 Å². The zero-order valence-corrected chi connectivity index (χ0v) is 10.4. The van der Waals surface area contributed by atoms with Gasteiger partial charge in [0.05, 0.1) is 11.8 Å². The smallest absolute Gasteiger partial charge is 0.213 e. The Balaban J connectivity index is 2.11. The van der Waals surface area contributed by atoms with E-state index in [1.165, 1.54) is 11.8 Å². The molecule has 2 aromatic rings. The summed E-state index contributed by atoms with van der Waals surface area (Å²) in [6.07, 6.45) is 1.88. The molecule has 1 atom stereocenters. The van der Waals surface area contributed by atoms with Crippen LogP contribution in [0.1, 0.15) is 25.1 Å². The predicted octanol–water partition coefficient (Wildman–Crippen LogP) is 1.20. The molecule has 1 N–H and O–H groups in total. The number of aryl methyl sites for hydroxylation is 1. The van der Waals surface area contributed by atoms with Crippen LogP contribution in [0.5, 0.6) is 0 Å². The van der Waals surface area contributed by atoms with Crippen molar-refractivity contribution in [1.29, 1.82) is 0 Å². The molecule has 0 aromatic carbocycles. The summed E-state index contributed by atoms with van der Waals surface area (Å²) in [5, 5.41) is 21.5. The maximum Gasteiger partial charge on any atom is 0.213 e. The lowest BCUT2D eigenvalue weighted by Crippen LogP contribution is -1.98. The Bertz CT molecular complexity index is 484. The van der Waals surface area contributed by atoms with Crippen molar-refractivity contribution in [2.45, 2.75) is 29.5 Å². The zero-order chi connectivity index (χ0) is 12.3. The monoisotopic (exact) mass is 251 g/mol. The molecule has 0 bridgehead atoms. The fraction of sp³-hybridized carbons (Fsp3) is 0.400. The van der Waals surface area contributed by atoms with Crippen molar-refractivity contribution in [2.75, 3.05) is 0 Å². The topological polar surface area (TPSA) is 76.7 Å². The third-order valence-corrected chi connectivity index (χ3v) is 3.28. The largest absolute Gasteiger partial charge is 0.387 e. The van der Waals surface area contributed by atoms with E-state index in [0.717, 1.165) is 4.90 Å². The summed E-state index contributed by atoms with van der Waals surface area (Å²) in [4.78, 5) is 5.15. The standard InChI is InChI=1S/C10H13N5OS/c1-3-9(16)8-5-4-7(6-11-8)17-10-12-13-14-15(10)2/h4-6,9,16H,3H2,1-2H3. The Morgan fingerprint density at radius 3 is 2.82 bits per heavy atom. The number of aliphatic hydroxyl groups is 1. The van der Waals surface area contributed by atoms with Crippen LogP contribution in [-0.4, -0.2) is 30.3 Å². The van der Waals surface area contributed by atoms with Crippen LogP contribution >= 0.6 is 11.8 Å². The lowest BCUT2D eigenvalue weighted by molar-refractivity contribution is 0.169. The maximum absolute atomic E-state index is 9.62. The van der Waals surface area contributed by atoms with E-state index >= 15 is 0 Å². The van der Waals surface area contributed by atoms with Gasteiger partial charge in [-0.2, -0.15) is 0 Å². The van der Waals surface area contributed by atoms with Crippen molar-refractivity contribution in [1.82, 2.24) is 25.2 Å². The molecular formula is C10H13N5OS. The highest BCUT2D eigenvalue weighted by Gasteiger charge is 2.08. The minimum absolute atomic E-state index is 0.495. The number of rotatable bonds is 4. The zero-order valence-electron chi connectivity index (χ0n) is 9.61. The molecule has 0 radical (unpaired) electrons. The van der Waals surface area contributed by atoms with Crippen LogP contribution in [0.25, 0.3) is 0 Å². The van der Waals surface area contributed by atoms with E-state index in [9.17, 15) is 5.11 Å². The molecule has 0 aliphatic heterocycles. The lowest BCUT2D eigenvalue weighted by atomic mass is 10.2. The second-order valence-corrected chi connectivity index (χ2v) is 4.57. The minimum atomic E-state index is -0.495. The van der Waals surface area contributed by atoms with E-state index in [1.807, 2.05) is 19.1 Å². The summed E-state index contributed by atoms with van der Waals surface area (Å²) in [6, 6.07) is 3.72. The van der Waals surface area contributed by atoms with Crippen molar-refractivity contribution >= 4 is 11.8 Å². The van der Waals surface area contributed by atoms with Crippen molar-refractivity contribution < 1.29 is 5.11 Å². The molecule has 2 rings (SSSR count).